The number of nitrogens with zero attached hydrogens (tertiary/aromatic N) is 1. The number of hydrogen-bond acceptors (Lipinski definition) is 7. The van der Waals surface area contributed by atoms with E-state index in [1.165, 1.54) is 31.4 Å². The van der Waals surface area contributed by atoms with E-state index in [4.69, 9.17) is 9.47 Å². The molecule has 1 saturated heterocycles. The van der Waals surface area contributed by atoms with Gasteiger partial charge in [0.1, 0.15) is 12.1 Å². The maximum Gasteiger partial charge on any atom is 0.337 e. The van der Waals surface area contributed by atoms with Crippen LogP contribution < -0.4 is 20.1 Å². The molecule has 2 heterocycles. The largest absolute Gasteiger partial charge is 0.465 e. The summed E-state index contributed by atoms with van der Waals surface area (Å²) in [5, 5.41) is 5.24. The molecule has 0 radical (unpaired) electrons. The quantitative estimate of drug-likeness (QED) is 0.551. The minimum Gasteiger partial charge on any atom is -0.465 e. The average Bonchev–Trinajstić information content (AvgIpc) is 3.32. The molecule has 1 fully saturated rings. The van der Waals surface area contributed by atoms with Crippen molar-refractivity contribution < 1.29 is 33.4 Å². The van der Waals surface area contributed by atoms with E-state index in [1.807, 2.05) is 0 Å². The van der Waals surface area contributed by atoms with Crippen LogP contribution in [0.5, 0.6) is 11.5 Å². The number of carbonyl (C=O) groups is 4. The Labute approximate surface area is 177 Å². The van der Waals surface area contributed by atoms with Gasteiger partial charge >= 0.3 is 12.0 Å². The number of rotatable bonds is 5. The van der Waals surface area contributed by atoms with E-state index in [-0.39, 0.29) is 6.79 Å². The Morgan fingerprint density at radius 3 is 2.55 bits per heavy atom. The van der Waals surface area contributed by atoms with Gasteiger partial charge in [0.2, 0.25) is 12.7 Å². The number of carbonyl (C=O) groups excluding carboxylic acids is 4. The molecule has 10 nitrogen and oxygen atoms in total. The lowest BCUT2D eigenvalue weighted by Gasteiger charge is -2.22. The molecular weight excluding hydrogens is 406 g/mol. The molecule has 0 aliphatic carbocycles. The van der Waals surface area contributed by atoms with Crippen LogP contribution in [0.15, 0.2) is 42.5 Å². The lowest BCUT2D eigenvalue weighted by atomic mass is 9.91. The average molecular weight is 425 g/mol. The molecule has 2 aliphatic heterocycles. The molecule has 31 heavy (non-hydrogen) atoms. The summed E-state index contributed by atoms with van der Waals surface area (Å²) in [6.45, 7) is 1.18. The van der Waals surface area contributed by atoms with Gasteiger partial charge in [-0.1, -0.05) is 6.07 Å². The second-order valence-electron chi connectivity index (χ2n) is 7.13. The molecule has 0 saturated carbocycles. The summed E-state index contributed by atoms with van der Waals surface area (Å²) in [5.41, 5.74) is -0.103. The summed E-state index contributed by atoms with van der Waals surface area (Å²) >= 11 is 0. The highest BCUT2D eigenvalue weighted by Gasteiger charge is 2.49. The van der Waals surface area contributed by atoms with Crippen molar-refractivity contribution in [3.63, 3.8) is 0 Å². The minimum absolute atomic E-state index is 0.0860. The number of ether oxygens (including phenoxy) is 3. The van der Waals surface area contributed by atoms with Crippen molar-refractivity contribution in [1.82, 2.24) is 10.2 Å². The predicted octanol–water partition coefficient (Wildman–Crippen LogP) is 1.61. The number of amides is 4. The lowest BCUT2D eigenvalue weighted by molar-refractivity contribution is -0.133. The number of fused-ring (bicyclic) bond motifs is 1. The third-order valence-corrected chi connectivity index (χ3v) is 5.12. The Morgan fingerprint density at radius 2 is 1.84 bits per heavy atom. The van der Waals surface area contributed by atoms with Crippen molar-refractivity contribution in [3.8, 4) is 11.5 Å². The van der Waals surface area contributed by atoms with Crippen LogP contribution in [0.25, 0.3) is 0 Å². The van der Waals surface area contributed by atoms with E-state index in [0.29, 0.717) is 28.3 Å². The Bertz CT molecular complexity index is 1080. The Morgan fingerprint density at radius 1 is 1.13 bits per heavy atom. The van der Waals surface area contributed by atoms with Gasteiger partial charge in [-0.25, -0.2) is 9.59 Å². The third kappa shape index (κ3) is 3.63. The standard InChI is InChI=1S/C21H19N3O7/c1-21(13-5-8-15-16(9-13)31-11-30-15)19(27)24(20(28)23-21)10-17(25)22-14-6-3-12(4-7-14)18(26)29-2/h3-9H,10-11H2,1-2H3,(H,22,25)(H,23,28). The number of hydrogen-bond donors (Lipinski definition) is 2. The SMILES string of the molecule is COC(=O)c1ccc(NC(=O)CN2C(=O)NC(C)(c3ccc4c(c3)OCO4)C2=O)cc1. The van der Waals surface area contributed by atoms with Crippen molar-refractivity contribution in [2.75, 3.05) is 25.8 Å². The van der Waals surface area contributed by atoms with Crippen LogP contribution in [0.4, 0.5) is 10.5 Å². The summed E-state index contributed by atoms with van der Waals surface area (Å²) in [5.74, 6) is -0.595. The van der Waals surface area contributed by atoms with Crippen LogP contribution in [0.3, 0.4) is 0 Å². The third-order valence-electron chi connectivity index (χ3n) is 5.12. The zero-order valence-corrected chi connectivity index (χ0v) is 16.8. The van der Waals surface area contributed by atoms with E-state index in [2.05, 4.69) is 15.4 Å². The molecule has 4 rings (SSSR count). The number of anilines is 1. The first kappa shape index (κ1) is 20.2. The van der Waals surface area contributed by atoms with Gasteiger partial charge in [-0.05, 0) is 48.9 Å². The summed E-state index contributed by atoms with van der Waals surface area (Å²) in [6.07, 6.45) is 0. The van der Waals surface area contributed by atoms with Gasteiger partial charge in [0, 0.05) is 5.69 Å². The summed E-state index contributed by atoms with van der Waals surface area (Å²) in [4.78, 5) is 50.2. The van der Waals surface area contributed by atoms with E-state index < -0.39 is 35.9 Å². The van der Waals surface area contributed by atoms with E-state index in [1.54, 1.807) is 25.1 Å². The van der Waals surface area contributed by atoms with Crippen LogP contribution in [-0.4, -0.2) is 49.2 Å². The predicted molar refractivity (Wildman–Crippen MR) is 107 cm³/mol. The number of esters is 1. The van der Waals surface area contributed by atoms with Gasteiger partial charge in [0.25, 0.3) is 5.91 Å². The van der Waals surface area contributed by atoms with Crippen molar-refractivity contribution in [1.29, 1.82) is 0 Å². The molecule has 4 amide bonds. The first-order valence-corrected chi connectivity index (χ1v) is 9.34. The fourth-order valence-electron chi connectivity index (χ4n) is 3.40. The summed E-state index contributed by atoms with van der Waals surface area (Å²) < 4.78 is 15.2. The van der Waals surface area contributed by atoms with Crippen molar-refractivity contribution in [3.05, 3.63) is 53.6 Å². The molecule has 2 aromatic rings. The molecule has 0 aromatic heterocycles. The van der Waals surface area contributed by atoms with Gasteiger partial charge in [-0.3, -0.25) is 14.5 Å². The molecule has 10 heteroatoms. The number of urea groups is 1. The van der Waals surface area contributed by atoms with Crippen LogP contribution >= 0.6 is 0 Å². The van der Waals surface area contributed by atoms with E-state index in [0.717, 1.165) is 4.90 Å². The zero-order valence-electron chi connectivity index (χ0n) is 16.8. The first-order chi connectivity index (χ1) is 14.8. The molecule has 1 atom stereocenters. The van der Waals surface area contributed by atoms with Gasteiger partial charge in [0.15, 0.2) is 11.5 Å². The highest BCUT2D eigenvalue weighted by Crippen LogP contribution is 2.37. The fraction of sp³-hybridized carbons (Fsp3) is 0.238. The van der Waals surface area contributed by atoms with Crippen molar-refractivity contribution in [2.24, 2.45) is 0 Å². The van der Waals surface area contributed by atoms with E-state index >= 15 is 0 Å². The second-order valence-corrected chi connectivity index (χ2v) is 7.13. The smallest absolute Gasteiger partial charge is 0.337 e. The second kappa shape index (κ2) is 7.63. The Hall–Kier alpha value is -4.08. The number of methoxy groups -OCH3 is 1. The van der Waals surface area contributed by atoms with Gasteiger partial charge in [0.05, 0.1) is 12.7 Å². The van der Waals surface area contributed by atoms with E-state index in [9.17, 15) is 19.2 Å². The summed E-state index contributed by atoms with van der Waals surface area (Å²) in [7, 11) is 1.27. The van der Waals surface area contributed by atoms with Crippen LogP contribution in [0, 0.1) is 0 Å². The van der Waals surface area contributed by atoms with Gasteiger partial charge < -0.3 is 24.8 Å². The normalized spacial score (nSPS) is 19.2. The topological polar surface area (TPSA) is 123 Å². The molecule has 1 unspecified atom stereocenters. The molecule has 160 valence electrons. The Kier molecular flexibility index (Phi) is 4.97. The molecule has 0 spiro atoms. The maximum atomic E-state index is 13.0. The zero-order chi connectivity index (χ0) is 22.2. The van der Waals surface area contributed by atoms with Crippen LogP contribution in [-0.2, 0) is 19.9 Å². The highest BCUT2D eigenvalue weighted by atomic mass is 16.7. The molecular formula is C21H19N3O7. The molecule has 2 N–H and O–H groups in total. The monoisotopic (exact) mass is 425 g/mol. The maximum absolute atomic E-state index is 13.0. The van der Waals surface area contributed by atoms with Crippen molar-refractivity contribution in [2.45, 2.75) is 12.5 Å². The molecule has 2 aromatic carbocycles. The van der Waals surface area contributed by atoms with Gasteiger partial charge in [-0.2, -0.15) is 0 Å². The summed E-state index contributed by atoms with van der Waals surface area (Å²) in [6, 6.07) is 10.3. The highest BCUT2D eigenvalue weighted by molar-refractivity contribution is 6.10. The number of imide groups is 1. The van der Waals surface area contributed by atoms with Gasteiger partial charge in [-0.15, -0.1) is 0 Å². The number of nitrogens with one attached hydrogen (secondary N) is 2. The minimum atomic E-state index is -1.35. The fourth-order valence-corrected chi connectivity index (χ4v) is 3.40. The Balaban J connectivity index is 1.45. The lowest BCUT2D eigenvalue weighted by Crippen LogP contribution is -2.42. The van der Waals surface area contributed by atoms with Crippen molar-refractivity contribution >= 4 is 29.5 Å². The number of benzene rings is 2. The molecule has 2 aliphatic rings. The first-order valence-electron chi connectivity index (χ1n) is 9.34. The van der Waals surface area contributed by atoms with Crippen LogP contribution in [0.2, 0.25) is 0 Å². The van der Waals surface area contributed by atoms with Crippen LogP contribution in [0.1, 0.15) is 22.8 Å². The molecule has 0 bridgehead atoms.